The maximum Gasteiger partial charge on any atom is 0.272 e. The Balaban J connectivity index is 1.20. The highest BCUT2D eigenvalue weighted by molar-refractivity contribution is 9.10. The summed E-state index contributed by atoms with van der Waals surface area (Å²) in [5.74, 6) is 0.653. The molecule has 3 aliphatic rings. The lowest BCUT2D eigenvalue weighted by atomic mass is 9.96. The zero-order valence-corrected chi connectivity index (χ0v) is 28.4. The molecule has 0 radical (unpaired) electrons. The van der Waals surface area contributed by atoms with Gasteiger partial charge < -0.3 is 10.2 Å². The second kappa shape index (κ2) is 11.1. The topological polar surface area (TPSA) is 123 Å². The summed E-state index contributed by atoms with van der Waals surface area (Å²) in [6.45, 7) is 9.94. The first-order valence-corrected chi connectivity index (χ1v) is 16.7. The Morgan fingerprint density at radius 2 is 1.78 bits per heavy atom. The van der Waals surface area contributed by atoms with Gasteiger partial charge in [0.15, 0.2) is 11.5 Å². The summed E-state index contributed by atoms with van der Waals surface area (Å²) in [6, 6.07) is 9.04. The van der Waals surface area contributed by atoms with Crippen LogP contribution in [0.2, 0.25) is 0 Å². The van der Waals surface area contributed by atoms with Crippen molar-refractivity contribution < 1.29 is 14.4 Å². The minimum absolute atomic E-state index is 0.00636. The van der Waals surface area contributed by atoms with Gasteiger partial charge in [-0.3, -0.25) is 19.1 Å². The first-order chi connectivity index (χ1) is 21.8. The van der Waals surface area contributed by atoms with Crippen LogP contribution in [-0.4, -0.2) is 64.9 Å². The van der Waals surface area contributed by atoms with E-state index in [0.717, 1.165) is 41.6 Å². The molecule has 238 valence electrons. The highest BCUT2D eigenvalue weighted by atomic mass is 79.9. The van der Waals surface area contributed by atoms with Gasteiger partial charge in [0.05, 0.1) is 23.7 Å². The van der Waals surface area contributed by atoms with Crippen LogP contribution >= 0.6 is 15.9 Å². The standard InChI is InChI=1S/C35H38BrN7O3/c1-19-6-11-30(36)39-25(19)13-28(44)27-14-35(5)15-29(35)43(27)31(45)18-42-26-10-7-21(22-16-37-20(2)38-17-22)12-24(26)32(41-42)33(46)40-34(3,4)23-8-9-23/h6-7,10-12,16-17,23,27,29H,8-9,13-15,18H2,1-5H3,(H,40,46)/t27-,29+,35-/m0/s1. The molecule has 4 heterocycles. The van der Waals surface area contributed by atoms with Gasteiger partial charge in [0.25, 0.3) is 5.91 Å². The summed E-state index contributed by atoms with van der Waals surface area (Å²) in [6.07, 6.45) is 7.37. The number of carbonyl (C=O) groups excluding carboxylic acids is 3. The summed E-state index contributed by atoms with van der Waals surface area (Å²) in [4.78, 5) is 56.6. The predicted molar refractivity (Wildman–Crippen MR) is 177 cm³/mol. The van der Waals surface area contributed by atoms with Gasteiger partial charge in [0.1, 0.15) is 17.0 Å². The average molecular weight is 685 g/mol. The van der Waals surface area contributed by atoms with E-state index < -0.39 is 6.04 Å². The lowest BCUT2D eigenvalue weighted by Crippen LogP contribution is -2.46. The number of aryl methyl sites for hydroxylation is 2. The van der Waals surface area contributed by atoms with Gasteiger partial charge in [-0.25, -0.2) is 15.0 Å². The summed E-state index contributed by atoms with van der Waals surface area (Å²) in [7, 11) is 0. The summed E-state index contributed by atoms with van der Waals surface area (Å²) < 4.78 is 2.30. The fourth-order valence-corrected chi connectivity index (χ4v) is 7.42. The first-order valence-electron chi connectivity index (χ1n) is 15.9. The number of likely N-dealkylation sites (tertiary alicyclic amines) is 1. The van der Waals surface area contributed by atoms with Gasteiger partial charge in [-0.15, -0.1) is 0 Å². The lowest BCUT2D eigenvalue weighted by molar-refractivity contribution is -0.139. The molecule has 10 nitrogen and oxygen atoms in total. The molecule has 7 rings (SSSR count). The number of rotatable bonds is 9. The van der Waals surface area contributed by atoms with Gasteiger partial charge in [-0.05, 0) is 110 Å². The SMILES string of the molecule is Cc1ncc(-c2ccc3c(c2)c(C(=O)NC(C)(C)C2CC2)nn3CC(=O)N2[C@H](C(=O)Cc3nc(Br)ccc3C)C[C@@]3(C)C[C@@H]23)cn1. The minimum atomic E-state index is -0.520. The number of hydrogen-bond donors (Lipinski definition) is 1. The molecule has 2 amide bonds. The number of nitrogens with zero attached hydrogens (tertiary/aromatic N) is 6. The van der Waals surface area contributed by atoms with Crippen molar-refractivity contribution in [2.75, 3.05) is 0 Å². The maximum absolute atomic E-state index is 14.1. The molecule has 0 bridgehead atoms. The van der Waals surface area contributed by atoms with Crippen molar-refractivity contribution in [1.82, 2.24) is 34.9 Å². The van der Waals surface area contributed by atoms with Crippen molar-refractivity contribution >= 4 is 44.4 Å². The average Bonchev–Trinajstić information content (AvgIpc) is 3.92. The van der Waals surface area contributed by atoms with Crippen LogP contribution in [-0.2, 0) is 22.6 Å². The third-order valence-electron chi connectivity index (χ3n) is 10.2. The van der Waals surface area contributed by atoms with Crippen molar-refractivity contribution in [1.29, 1.82) is 0 Å². The molecular weight excluding hydrogens is 646 g/mol. The van der Waals surface area contributed by atoms with Crippen LogP contribution in [0.3, 0.4) is 0 Å². The second-order valence-electron chi connectivity index (χ2n) is 14.1. The van der Waals surface area contributed by atoms with Gasteiger partial charge in [-0.2, -0.15) is 5.10 Å². The van der Waals surface area contributed by atoms with Gasteiger partial charge in [0, 0.05) is 34.9 Å². The second-order valence-corrected chi connectivity index (χ2v) is 15.0. The number of piperidine rings is 1. The number of nitrogens with one attached hydrogen (secondary N) is 1. The molecule has 1 aliphatic heterocycles. The van der Waals surface area contributed by atoms with E-state index in [1.165, 1.54) is 0 Å². The van der Waals surface area contributed by atoms with Gasteiger partial charge >= 0.3 is 0 Å². The van der Waals surface area contributed by atoms with Crippen LogP contribution < -0.4 is 5.32 Å². The van der Waals surface area contributed by atoms with E-state index in [9.17, 15) is 14.4 Å². The molecule has 3 atom stereocenters. The van der Waals surface area contributed by atoms with Crippen molar-refractivity contribution in [3.8, 4) is 11.1 Å². The molecule has 11 heteroatoms. The highest BCUT2D eigenvalue weighted by Gasteiger charge is 2.64. The van der Waals surface area contributed by atoms with E-state index in [1.54, 1.807) is 22.0 Å². The molecular formula is C35H38BrN7O3. The number of carbonyl (C=O) groups is 3. The number of Topliss-reactive ketones (excluding diaryl/α,β-unsaturated/α-hetero) is 1. The number of pyridine rings is 1. The smallest absolute Gasteiger partial charge is 0.272 e. The molecule has 46 heavy (non-hydrogen) atoms. The van der Waals surface area contributed by atoms with Crippen LogP contribution in [0.25, 0.3) is 22.0 Å². The third kappa shape index (κ3) is 5.63. The van der Waals surface area contributed by atoms with Crippen LogP contribution in [0.15, 0.2) is 47.3 Å². The molecule has 1 saturated heterocycles. The lowest BCUT2D eigenvalue weighted by Gasteiger charge is -2.27. The Labute approximate surface area is 276 Å². The van der Waals surface area contributed by atoms with Crippen molar-refractivity contribution in [3.05, 3.63) is 70.1 Å². The van der Waals surface area contributed by atoms with Crippen LogP contribution in [0, 0.1) is 25.2 Å². The zero-order chi connectivity index (χ0) is 32.5. The summed E-state index contributed by atoms with van der Waals surface area (Å²) in [5.41, 5.74) is 3.85. The molecule has 3 fully saturated rings. The van der Waals surface area contributed by atoms with Crippen molar-refractivity contribution in [2.24, 2.45) is 11.3 Å². The van der Waals surface area contributed by atoms with Crippen LogP contribution in [0.1, 0.15) is 74.0 Å². The number of fused-ring (bicyclic) bond motifs is 2. The van der Waals surface area contributed by atoms with Gasteiger partial charge in [0.2, 0.25) is 5.91 Å². The van der Waals surface area contributed by atoms with Crippen molar-refractivity contribution in [3.63, 3.8) is 0 Å². The quantitative estimate of drug-likeness (QED) is 0.235. The molecule has 2 saturated carbocycles. The predicted octanol–water partition coefficient (Wildman–Crippen LogP) is 5.38. The molecule has 4 aromatic rings. The Morgan fingerprint density at radius 1 is 1.04 bits per heavy atom. The van der Waals surface area contributed by atoms with Gasteiger partial charge in [-0.1, -0.05) is 19.1 Å². The molecule has 3 aromatic heterocycles. The number of benzene rings is 1. The normalized spacial score (nSPS) is 22.2. The minimum Gasteiger partial charge on any atom is -0.345 e. The highest BCUT2D eigenvalue weighted by Crippen LogP contribution is 2.59. The van der Waals surface area contributed by atoms with E-state index >= 15 is 0 Å². The molecule has 0 spiro atoms. The monoisotopic (exact) mass is 683 g/mol. The third-order valence-corrected chi connectivity index (χ3v) is 10.6. The number of amides is 2. The fourth-order valence-electron chi connectivity index (χ4n) is 7.07. The number of hydrogen-bond acceptors (Lipinski definition) is 7. The van der Waals surface area contributed by atoms with E-state index in [2.05, 4.69) is 43.1 Å². The van der Waals surface area contributed by atoms with E-state index in [4.69, 9.17) is 5.10 Å². The first kappa shape index (κ1) is 30.7. The molecule has 0 unspecified atom stereocenters. The van der Waals surface area contributed by atoms with Crippen LogP contribution in [0.5, 0.6) is 0 Å². The Bertz CT molecular complexity index is 1900. The molecule has 1 aromatic carbocycles. The molecule has 1 N–H and O–H groups in total. The Hall–Kier alpha value is -3.99. The number of ketones is 1. The summed E-state index contributed by atoms with van der Waals surface area (Å²) in [5, 5.41) is 8.60. The number of aromatic nitrogens is 5. The Morgan fingerprint density at radius 3 is 2.50 bits per heavy atom. The van der Waals surface area contributed by atoms with E-state index in [1.807, 2.05) is 58.0 Å². The Kier molecular flexibility index (Phi) is 7.38. The van der Waals surface area contributed by atoms with Crippen molar-refractivity contribution in [2.45, 2.75) is 90.9 Å². The maximum atomic E-state index is 14.1. The zero-order valence-electron chi connectivity index (χ0n) is 26.8. The summed E-state index contributed by atoms with van der Waals surface area (Å²) >= 11 is 3.41. The number of halogens is 1. The molecule has 2 aliphatic carbocycles. The van der Waals surface area contributed by atoms with Crippen LogP contribution in [0.4, 0.5) is 0 Å². The fraction of sp³-hybridized carbons (Fsp3) is 0.457. The largest absolute Gasteiger partial charge is 0.345 e. The van der Waals surface area contributed by atoms with E-state index in [0.29, 0.717) is 33.7 Å². The van der Waals surface area contributed by atoms with E-state index in [-0.39, 0.29) is 53.3 Å².